The van der Waals surface area contributed by atoms with Gasteiger partial charge < -0.3 is 5.32 Å². The van der Waals surface area contributed by atoms with Crippen LogP contribution in [0.2, 0.25) is 0 Å². The van der Waals surface area contributed by atoms with Gasteiger partial charge in [0.25, 0.3) is 11.8 Å². The number of H-pyrrole nitrogens is 1. The van der Waals surface area contributed by atoms with E-state index < -0.39 is 17.7 Å². The zero-order valence-corrected chi connectivity index (χ0v) is 13.1. The van der Waals surface area contributed by atoms with Gasteiger partial charge in [-0.25, -0.2) is 0 Å². The summed E-state index contributed by atoms with van der Waals surface area (Å²) in [6.45, 7) is 1.44. The molecule has 7 nitrogen and oxygen atoms in total. The summed E-state index contributed by atoms with van der Waals surface area (Å²) in [4.78, 5) is 37.3. The van der Waals surface area contributed by atoms with Gasteiger partial charge in [-0.3, -0.25) is 24.4 Å². The van der Waals surface area contributed by atoms with E-state index in [1.54, 1.807) is 31.2 Å². The average molecular weight is 363 g/mol. The van der Waals surface area contributed by atoms with E-state index in [-0.39, 0.29) is 6.54 Å². The smallest absolute Gasteiger partial charge is 0.262 e. The number of aryl methyl sites for hydroxylation is 1. The minimum atomic E-state index is -0.486. The molecule has 1 aromatic heterocycles. The van der Waals surface area contributed by atoms with E-state index >= 15 is 0 Å². The summed E-state index contributed by atoms with van der Waals surface area (Å²) in [5, 5.41) is 9.09. The van der Waals surface area contributed by atoms with Crippen LogP contribution in [0.25, 0.3) is 0 Å². The number of nitrogens with one attached hydrogen (secondary N) is 2. The fourth-order valence-electron chi connectivity index (χ4n) is 2.21. The molecule has 112 valence electrons. The van der Waals surface area contributed by atoms with Gasteiger partial charge in [-0.05, 0) is 25.1 Å². The van der Waals surface area contributed by atoms with E-state index in [2.05, 4.69) is 31.4 Å². The van der Waals surface area contributed by atoms with Crippen LogP contribution in [0.3, 0.4) is 0 Å². The van der Waals surface area contributed by atoms with Gasteiger partial charge in [0.15, 0.2) is 5.82 Å². The van der Waals surface area contributed by atoms with Crippen LogP contribution in [0.4, 0.5) is 5.82 Å². The summed E-state index contributed by atoms with van der Waals surface area (Å²) < 4.78 is 0.700. The van der Waals surface area contributed by atoms with Crippen LogP contribution in [0.1, 0.15) is 26.4 Å². The Morgan fingerprint density at radius 2 is 2.00 bits per heavy atom. The van der Waals surface area contributed by atoms with Crippen molar-refractivity contribution in [2.24, 2.45) is 0 Å². The number of carbonyl (C=O) groups is 3. The van der Waals surface area contributed by atoms with E-state index in [9.17, 15) is 14.4 Å². The number of aromatic amines is 1. The zero-order chi connectivity index (χ0) is 15.9. The lowest BCUT2D eigenvalue weighted by Gasteiger charge is -2.12. The van der Waals surface area contributed by atoms with Gasteiger partial charge in [0.05, 0.1) is 11.1 Å². The van der Waals surface area contributed by atoms with E-state index in [0.29, 0.717) is 21.4 Å². The van der Waals surface area contributed by atoms with Crippen LogP contribution in [-0.2, 0) is 4.79 Å². The molecule has 0 radical (unpaired) electrons. The Morgan fingerprint density at radius 1 is 1.27 bits per heavy atom. The van der Waals surface area contributed by atoms with E-state index in [0.717, 1.165) is 10.6 Å². The predicted molar refractivity (Wildman–Crippen MR) is 81.5 cm³/mol. The molecule has 2 N–H and O–H groups in total. The molecule has 3 rings (SSSR count). The number of halogens is 1. The monoisotopic (exact) mass is 362 g/mol. The number of hydrogen-bond acceptors (Lipinski definition) is 4. The average Bonchev–Trinajstić information content (AvgIpc) is 2.96. The lowest BCUT2D eigenvalue weighted by atomic mass is 10.1. The Morgan fingerprint density at radius 3 is 2.68 bits per heavy atom. The molecule has 1 aromatic carbocycles. The second-order valence-electron chi connectivity index (χ2n) is 4.87. The number of rotatable bonds is 3. The van der Waals surface area contributed by atoms with Crippen LogP contribution in [0.15, 0.2) is 28.7 Å². The first-order chi connectivity index (χ1) is 10.5. The van der Waals surface area contributed by atoms with Crippen molar-refractivity contribution in [1.82, 2.24) is 15.1 Å². The van der Waals surface area contributed by atoms with Crippen molar-refractivity contribution in [2.75, 3.05) is 11.9 Å². The lowest BCUT2D eigenvalue weighted by molar-refractivity contribution is -0.116. The molecule has 22 heavy (non-hydrogen) atoms. The third-order valence-corrected chi connectivity index (χ3v) is 3.70. The second-order valence-corrected chi connectivity index (χ2v) is 5.79. The summed E-state index contributed by atoms with van der Waals surface area (Å²) in [5.74, 6) is -1.09. The Bertz CT molecular complexity index is 799. The Hall–Kier alpha value is -2.48. The van der Waals surface area contributed by atoms with Gasteiger partial charge in [0.1, 0.15) is 6.54 Å². The maximum absolute atomic E-state index is 12.2. The standard InChI is InChI=1S/C14H11BrN4O3/c1-7-4-11(18-17-7)16-12(20)6-19-13(21)9-3-2-8(15)5-10(9)14(19)22/h2-5H,6H2,1H3,(H2,16,17,18,20). The summed E-state index contributed by atoms with van der Waals surface area (Å²) in [7, 11) is 0. The summed E-state index contributed by atoms with van der Waals surface area (Å²) in [6.07, 6.45) is 0. The van der Waals surface area contributed by atoms with Crippen LogP contribution in [-0.4, -0.2) is 39.4 Å². The van der Waals surface area contributed by atoms with Crippen LogP contribution in [0, 0.1) is 6.92 Å². The fourth-order valence-corrected chi connectivity index (χ4v) is 2.58. The number of hydrogen-bond donors (Lipinski definition) is 2. The van der Waals surface area contributed by atoms with Gasteiger partial charge in [-0.1, -0.05) is 15.9 Å². The van der Waals surface area contributed by atoms with Gasteiger partial charge in [-0.15, -0.1) is 0 Å². The van der Waals surface area contributed by atoms with Crippen LogP contribution >= 0.6 is 15.9 Å². The Kier molecular flexibility index (Phi) is 3.53. The van der Waals surface area contributed by atoms with Crippen LogP contribution in [0.5, 0.6) is 0 Å². The second kappa shape index (κ2) is 5.38. The van der Waals surface area contributed by atoms with Crippen molar-refractivity contribution in [2.45, 2.75) is 6.92 Å². The first-order valence-corrected chi connectivity index (χ1v) is 7.22. The maximum Gasteiger partial charge on any atom is 0.262 e. The highest BCUT2D eigenvalue weighted by molar-refractivity contribution is 9.10. The number of amides is 3. The number of benzene rings is 1. The highest BCUT2D eigenvalue weighted by Crippen LogP contribution is 2.25. The predicted octanol–water partition coefficient (Wildman–Crippen LogP) is 1.72. The van der Waals surface area contributed by atoms with E-state index in [1.165, 1.54) is 0 Å². The largest absolute Gasteiger partial charge is 0.308 e. The van der Waals surface area contributed by atoms with Crippen molar-refractivity contribution in [3.05, 3.63) is 45.6 Å². The van der Waals surface area contributed by atoms with Crippen molar-refractivity contribution in [3.8, 4) is 0 Å². The quantitative estimate of drug-likeness (QED) is 0.812. The van der Waals surface area contributed by atoms with Crippen molar-refractivity contribution >= 4 is 39.5 Å². The number of anilines is 1. The summed E-state index contributed by atoms with van der Waals surface area (Å²) >= 11 is 3.26. The minimum absolute atomic E-state index is 0.294. The molecule has 1 aliphatic heterocycles. The molecule has 0 fully saturated rings. The molecule has 0 unspecified atom stereocenters. The molecule has 0 bridgehead atoms. The first-order valence-electron chi connectivity index (χ1n) is 6.43. The van der Waals surface area contributed by atoms with E-state index in [4.69, 9.17) is 0 Å². The molecule has 0 aliphatic carbocycles. The third-order valence-electron chi connectivity index (χ3n) is 3.21. The molecular weight excluding hydrogens is 352 g/mol. The number of aromatic nitrogens is 2. The molecule has 2 aromatic rings. The number of nitrogens with zero attached hydrogens (tertiary/aromatic N) is 2. The summed E-state index contributed by atoms with van der Waals surface area (Å²) in [5.41, 5.74) is 1.39. The zero-order valence-electron chi connectivity index (χ0n) is 11.5. The number of fused-ring (bicyclic) bond motifs is 1. The topological polar surface area (TPSA) is 95.2 Å². The molecule has 0 atom stereocenters. The highest BCUT2D eigenvalue weighted by Gasteiger charge is 2.36. The van der Waals surface area contributed by atoms with Crippen LogP contribution < -0.4 is 5.32 Å². The van der Waals surface area contributed by atoms with Gasteiger partial charge in [-0.2, -0.15) is 5.10 Å². The Balaban J connectivity index is 1.75. The maximum atomic E-state index is 12.2. The minimum Gasteiger partial charge on any atom is -0.308 e. The number of imide groups is 1. The molecular formula is C14H11BrN4O3. The molecule has 1 aliphatic rings. The van der Waals surface area contributed by atoms with Crippen molar-refractivity contribution in [3.63, 3.8) is 0 Å². The highest BCUT2D eigenvalue weighted by atomic mass is 79.9. The van der Waals surface area contributed by atoms with E-state index in [1.807, 2.05) is 0 Å². The van der Waals surface area contributed by atoms with Crippen molar-refractivity contribution in [1.29, 1.82) is 0 Å². The molecule has 3 amide bonds. The SMILES string of the molecule is Cc1cc(NC(=O)CN2C(=O)c3ccc(Br)cc3C2=O)n[nH]1. The van der Waals surface area contributed by atoms with Crippen molar-refractivity contribution < 1.29 is 14.4 Å². The molecule has 0 spiro atoms. The molecule has 0 saturated carbocycles. The van der Waals surface area contributed by atoms with Gasteiger partial charge in [0.2, 0.25) is 5.91 Å². The fraction of sp³-hybridized carbons (Fsp3) is 0.143. The van der Waals surface area contributed by atoms with Gasteiger partial charge in [0, 0.05) is 16.2 Å². The summed E-state index contributed by atoms with van der Waals surface area (Å²) in [6, 6.07) is 6.47. The normalized spacial score (nSPS) is 13.5. The molecule has 2 heterocycles. The third kappa shape index (κ3) is 2.52. The van der Waals surface area contributed by atoms with Gasteiger partial charge >= 0.3 is 0 Å². The number of carbonyl (C=O) groups excluding carboxylic acids is 3. The first kappa shape index (κ1) is 14.5. The molecule has 0 saturated heterocycles. The molecule has 8 heteroatoms. The lowest BCUT2D eigenvalue weighted by Crippen LogP contribution is -2.37. The Labute approximate surface area is 133 Å².